The molecule has 2 aromatic heterocycles. The number of imidazole rings is 1. The summed E-state index contributed by atoms with van der Waals surface area (Å²) >= 11 is 6.03. The van der Waals surface area contributed by atoms with Crippen LogP contribution >= 0.6 is 11.6 Å². The molecule has 0 radical (unpaired) electrons. The van der Waals surface area contributed by atoms with Gasteiger partial charge in [-0.25, -0.2) is 15.0 Å². The molecule has 0 saturated carbocycles. The maximum absolute atomic E-state index is 12.3. The van der Waals surface area contributed by atoms with Crippen LogP contribution in [0.3, 0.4) is 0 Å². The fraction of sp³-hybridized carbons (Fsp3) is 0. The van der Waals surface area contributed by atoms with E-state index in [0.29, 0.717) is 16.5 Å². The normalized spacial score (nSPS) is 10.7. The number of H-pyrrole nitrogens is 1. The van der Waals surface area contributed by atoms with Crippen molar-refractivity contribution in [3.63, 3.8) is 0 Å². The zero-order valence-electron chi connectivity index (χ0n) is 13.9. The van der Waals surface area contributed by atoms with Gasteiger partial charge in [0.15, 0.2) is 5.69 Å². The molecule has 0 saturated heterocycles. The van der Waals surface area contributed by atoms with Crippen LogP contribution in [-0.2, 0) is 0 Å². The minimum absolute atomic E-state index is 0.136. The second-order valence-electron chi connectivity index (χ2n) is 5.71. The lowest BCUT2D eigenvalue weighted by molar-refractivity contribution is 0.102. The van der Waals surface area contributed by atoms with Crippen LogP contribution in [0.25, 0.3) is 10.9 Å². The number of nitrogen functional groups attached to an aromatic ring is 1. The van der Waals surface area contributed by atoms with Crippen LogP contribution in [0.1, 0.15) is 10.5 Å². The van der Waals surface area contributed by atoms with Gasteiger partial charge in [0.25, 0.3) is 5.91 Å². The van der Waals surface area contributed by atoms with E-state index in [1.54, 1.807) is 30.3 Å². The Morgan fingerprint density at radius 2 is 1.96 bits per heavy atom. The summed E-state index contributed by atoms with van der Waals surface area (Å²) in [6, 6.07) is 12.6. The fourth-order valence-corrected chi connectivity index (χ4v) is 2.80. The highest BCUT2D eigenvalue weighted by molar-refractivity contribution is 6.30. The summed E-state index contributed by atoms with van der Waals surface area (Å²) in [5.41, 5.74) is 7.91. The highest BCUT2D eigenvalue weighted by Gasteiger charge is 2.13. The largest absolute Gasteiger partial charge is 0.383 e. The number of aromatic amines is 1. The maximum atomic E-state index is 12.3. The van der Waals surface area contributed by atoms with Crippen molar-refractivity contribution in [2.45, 2.75) is 0 Å². The Bertz CT molecular complexity index is 1140. The number of nitrogens with two attached hydrogens (primary N) is 1. The Morgan fingerprint density at radius 3 is 2.74 bits per heavy atom. The Morgan fingerprint density at radius 1 is 1.07 bits per heavy atom. The zero-order valence-corrected chi connectivity index (χ0v) is 14.7. The van der Waals surface area contributed by atoms with Gasteiger partial charge in [-0.05, 0) is 36.4 Å². The molecule has 0 atom stereocenters. The molecule has 2 aromatic carbocycles. The first kappa shape index (κ1) is 16.8. The summed E-state index contributed by atoms with van der Waals surface area (Å²) < 4.78 is 0. The Hall–Kier alpha value is -3.65. The average Bonchev–Trinajstić information content (AvgIpc) is 3.08. The molecular weight excluding hydrogens is 366 g/mol. The highest BCUT2D eigenvalue weighted by atomic mass is 35.5. The minimum Gasteiger partial charge on any atom is -0.383 e. The highest BCUT2D eigenvalue weighted by Crippen LogP contribution is 2.27. The van der Waals surface area contributed by atoms with Crippen molar-refractivity contribution >= 4 is 51.4 Å². The molecule has 4 rings (SSSR count). The van der Waals surface area contributed by atoms with Gasteiger partial charge in [0, 0.05) is 21.8 Å². The smallest absolute Gasteiger partial charge is 0.278 e. The summed E-state index contributed by atoms with van der Waals surface area (Å²) in [6.45, 7) is 0. The number of hydrogen-bond donors (Lipinski definition) is 4. The molecule has 134 valence electrons. The number of halogens is 1. The monoisotopic (exact) mass is 379 g/mol. The molecule has 5 N–H and O–H groups in total. The van der Waals surface area contributed by atoms with Crippen LogP contribution in [0.2, 0.25) is 5.02 Å². The van der Waals surface area contributed by atoms with Gasteiger partial charge in [0.1, 0.15) is 18.0 Å². The molecule has 4 aromatic rings. The molecular formula is C18H14ClN7O. The SMILES string of the molecule is Nc1[nH]cnc1C(=O)Nc1ccc2ncnc(Nc3cccc(Cl)c3)c2c1. The van der Waals surface area contributed by atoms with Crippen molar-refractivity contribution in [1.29, 1.82) is 0 Å². The van der Waals surface area contributed by atoms with Crippen LogP contribution in [-0.4, -0.2) is 25.8 Å². The van der Waals surface area contributed by atoms with Gasteiger partial charge in [-0.1, -0.05) is 17.7 Å². The van der Waals surface area contributed by atoms with Crippen molar-refractivity contribution < 1.29 is 4.79 Å². The molecule has 0 aliphatic carbocycles. The molecule has 0 unspecified atom stereocenters. The lowest BCUT2D eigenvalue weighted by Gasteiger charge is -2.10. The van der Waals surface area contributed by atoms with E-state index >= 15 is 0 Å². The van der Waals surface area contributed by atoms with Gasteiger partial charge in [0.2, 0.25) is 0 Å². The van der Waals surface area contributed by atoms with Crippen molar-refractivity contribution in [1.82, 2.24) is 19.9 Å². The number of aromatic nitrogens is 4. The van der Waals surface area contributed by atoms with E-state index in [4.69, 9.17) is 17.3 Å². The van der Waals surface area contributed by atoms with Gasteiger partial charge in [0.05, 0.1) is 11.8 Å². The number of carbonyl (C=O) groups is 1. The first-order chi connectivity index (χ1) is 13.1. The molecule has 1 amide bonds. The summed E-state index contributed by atoms with van der Waals surface area (Å²) in [7, 11) is 0. The second-order valence-corrected chi connectivity index (χ2v) is 6.14. The molecule has 0 aliphatic rings. The topological polar surface area (TPSA) is 122 Å². The van der Waals surface area contributed by atoms with Crippen LogP contribution in [0.5, 0.6) is 0 Å². The van der Waals surface area contributed by atoms with Crippen LogP contribution in [0.4, 0.5) is 23.0 Å². The average molecular weight is 380 g/mol. The molecule has 27 heavy (non-hydrogen) atoms. The van der Waals surface area contributed by atoms with Crippen molar-refractivity contribution in [2.24, 2.45) is 0 Å². The summed E-state index contributed by atoms with van der Waals surface area (Å²) in [6.07, 6.45) is 2.84. The number of hydrogen-bond acceptors (Lipinski definition) is 6. The van der Waals surface area contributed by atoms with E-state index in [-0.39, 0.29) is 11.5 Å². The zero-order chi connectivity index (χ0) is 18.8. The predicted octanol–water partition coefficient (Wildman–Crippen LogP) is 3.58. The predicted molar refractivity (Wildman–Crippen MR) is 105 cm³/mol. The third-order valence-electron chi connectivity index (χ3n) is 3.86. The lowest BCUT2D eigenvalue weighted by atomic mass is 10.2. The number of nitrogens with one attached hydrogen (secondary N) is 3. The first-order valence-corrected chi connectivity index (χ1v) is 8.35. The number of amides is 1. The van der Waals surface area contributed by atoms with E-state index in [9.17, 15) is 4.79 Å². The Labute approximate surface area is 158 Å². The Kier molecular flexibility index (Phi) is 4.31. The molecule has 9 heteroatoms. The second kappa shape index (κ2) is 6.93. The molecule has 0 spiro atoms. The molecule has 0 fully saturated rings. The third-order valence-corrected chi connectivity index (χ3v) is 4.10. The number of nitrogens with zero attached hydrogens (tertiary/aromatic N) is 3. The quantitative estimate of drug-likeness (QED) is 0.430. The van der Waals surface area contributed by atoms with Crippen molar-refractivity contribution in [2.75, 3.05) is 16.4 Å². The minimum atomic E-state index is -0.408. The van der Waals surface area contributed by atoms with Gasteiger partial charge in [-0.2, -0.15) is 0 Å². The number of anilines is 4. The first-order valence-electron chi connectivity index (χ1n) is 7.98. The maximum Gasteiger partial charge on any atom is 0.278 e. The van der Waals surface area contributed by atoms with Crippen LogP contribution in [0, 0.1) is 0 Å². The molecule has 0 bridgehead atoms. The van der Waals surface area contributed by atoms with Gasteiger partial charge >= 0.3 is 0 Å². The fourth-order valence-electron chi connectivity index (χ4n) is 2.61. The van der Waals surface area contributed by atoms with Crippen LogP contribution < -0.4 is 16.4 Å². The van der Waals surface area contributed by atoms with E-state index in [1.807, 2.05) is 12.1 Å². The standard InChI is InChI=1S/C18H14ClN7O/c19-10-2-1-3-11(6-10)25-17-13-7-12(4-5-14(13)21-8-24-17)26-18(27)15-16(20)23-9-22-15/h1-9H,20H2,(H,22,23)(H,26,27)(H,21,24,25). The van der Waals surface area contributed by atoms with Crippen molar-refractivity contribution in [3.05, 3.63) is 65.8 Å². The van der Waals surface area contributed by atoms with Gasteiger partial charge < -0.3 is 21.4 Å². The van der Waals surface area contributed by atoms with Gasteiger partial charge in [-0.3, -0.25) is 4.79 Å². The summed E-state index contributed by atoms with van der Waals surface area (Å²) in [4.78, 5) is 27.5. The summed E-state index contributed by atoms with van der Waals surface area (Å²) in [5.74, 6) is 0.395. The Balaban J connectivity index is 1.66. The van der Waals surface area contributed by atoms with E-state index in [2.05, 4.69) is 30.6 Å². The van der Waals surface area contributed by atoms with E-state index < -0.39 is 5.91 Å². The number of rotatable bonds is 4. The van der Waals surface area contributed by atoms with Crippen molar-refractivity contribution in [3.8, 4) is 0 Å². The third kappa shape index (κ3) is 3.51. The number of fused-ring (bicyclic) bond motifs is 1. The number of carbonyl (C=O) groups excluding carboxylic acids is 1. The van der Waals surface area contributed by atoms with Gasteiger partial charge in [-0.15, -0.1) is 0 Å². The molecule has 2 heterocycles. The molecule has 0 aliphatic heterocycles. The van der Waals surface area contributed by atoms with Crippen LogP contribution in [0.15, 0.2) is 55.1 Å². The lowest BCUT2D eigenvalue weighted by Crippen LogP contribution is -2.14. The number of benzene rings is 2. The van der Waals surface area contributed by atoms with E-state index in [0.717, 1.165) is 16.6 Å². The summed E-state index contributed by atoms with van der Waals surface area (Å²) in [5, 5.41) is 7.35. The molecule has 8 nitrogen and oxygen atoms in total. The van der Waals surface area contributed by atoms with E-state index in [1.165, 1.54) is 12.7 Å².